The molecule has 1 heterocycles. The van der Waals surface area contributed by atoms with E-state index in [0.29, 0.717) is 11.7 Å². The van der Waals surface area contributed by atoms with Gasteiger partial charge in [0.1, 0.15) is 11.0 Å². The number of nitrogens with zero attached hydrogens (tertiary/aromatic N) is 2. The van der Waals surface area contributed by atoms with E-state index in [0.717, 1.165) is 6.07 Å². The van der Waals surface area contributed by atoms with Gasteiger partial charge in [-0.3, -0.25) is 4.79 Å². The second-order valence-corrected chi connectivity index (χ2v) is 4.57. The Morgan fingerprint density at radius 3 is 2.27 bits per heavy atom. The first-order valence-corrected chi connectivity index (χ1v) is 6.06. The summed E-state index contributed by atoms with van der Waals surface area (Å²) in [6.07, 6.45) is -6.58. The molecule has 1 aromatic heterocycles. The zero-order chi connectivity index (χ0) is 16.8. The molecule has 120 valence electrons. The van der Waals surface area contributed by atoms with E-state index in [2.05, 4.69) is 8.75 Å². The van der Waals surface area contributed by atoms with Crippen LogP contribution in [0.3, 0.4) is 0 Å². The highest BCUT2D eigenvalue weighted by Crippen LogP contribution is 2.47. The smallest absolute Gasteiger partial charge is 0.319 e. The zero-order valence-corrected chi connectivity index (χ0v) is 10.9. The van der Waals surface area contributed by atoms with Gasteiger partial charge in [-0.05, 0) is 12.1 Å². The van der Waals surface area contributed by atoms with Crippen molar-refractivity contribution in [3.63, 3.8) is 0 Å². The van der Waals surface area contributed by atoms with E-state index in [1.54, 1.807) is 0 Å². The van der Waals surface area contributed by atoms with Gasteiger partial charge in [0.25, 0.3) is 0 Å². The minimum atomic E-state index is -6.58. The highest BCUT2D eigenvalue weighted by atomic mass is 32.1. The van der Waals surface area contributed by atoms with Crippen LogP contribution in [0.15, 0.2) is 18.2 Å². The van der Waals surface area contributed by atoms with Crippen molar-refractivity contribution < 1.29 is 35.5 Å². The van der Waals surface area contributed by atoms with Gasteiger partial charge in [-0.1, -0.05) is 6.07 Å². The van der Waals surface area contributed by atoms with Gasteiger partial charge in [-0.2, -0.15) is 39.5 Å². The van der Waals surface area contributed by atoms with E-state index in [9.17, 15) is 35.5 Å². The fourth-order valence-electron chi connectivity index (χ4n) is 1.43. The summed E-state index contributed by atoms with van der Waals surface area (Å²) in [5.74, 6) is -15.3. The molecule has 1 aromatic carbocycles. The van der Waals surface area contributed by atoms with Gasteiger partial charge < -0.3 is 5.32 Å². The van der Waals surface area contributed by atoms with Gasteiger partial charge in [0.15, 0.2) is 0 Å². The van der Waals surface area contributed by atoms with Crippen molar-refractivity contribution in [2.24, 2.45) is 0 Å². The zero-order valence-electron chi connectivity index (χ0n) is 10.1. The van der Waals surface area contributed by atoms with Gasteiger partial charge in [0, 0.05) is 0 Å². The standard InChI is InChI=1S/C10H4F7N3OS/c11-8(12,9(13,14)10(15,16)17)7(21)18-4-2-1-3-5-6(4)20-22-19-5/h1-3H,(H,18,21). The van der Waals surface area contributed by atoms with E-state index in [4.69, 9.17) is 0 Å². The third-order valence-corrected chi connectivity index (χ3v) is 3.11. The fourth-order valence-corrected chi connectivity index (χ4v) is 1.98. The van der Waals surface area contributed by atoms with Gasteiger partial charge in [-0.15, -0.1) is 0 Å². The van der Waals surface area contributed by atoms with Crippen LogP contribution >= 0.6 is 11.7 Å². The van der Waals surface area contributed by atoms with Crippen molar-refractivity contribution in [1.82, 2.24) is 8.75 Å². The Labute approximate surface area is 121 Å². The van der Waals surface area contributed by atoms with Crippen LogP contribution in [0.1, 0.15) is 0 Å². The molecular weight excluding hydrogens is 343 g/mol. The summed E-state index contributed by atoms with van der Waals surface area (Å²) in [6.45, 7) is 0. The van der Waals surface area contributed by atoms with Crippen molar-refractivity contribution in [3.8, 4) is 0 Å². The van der Waals surface area contributed by atoms with Crippen molar-refractivity contribution in [1.29, 1.82) is 0 Å². The molecule has 0 aliphatic heterocycles. The van der Waals surface area contributed by atoms with Crippen LogP contribution in [-0.4, -0.2) is 32.7 Å². The average Bonchev–Trinajstić information content (AvgIpc) is 2.86. The van der Waals surface area contributed by atoms with Crippen LogP contribution in [0.5, 0.6) is 0 Å². The molecule has 4 nitrogen and oxygen atoms in total. The molecule has 12 heteroatoms. The lowest BCUT2D eigenvalue weighted by atomic mass is 10.1. The number of halogens is 7. The lowest BCUT2D eigenvalue weighted by molar-refractivity contribution is -0.343. The van der Waals surface area contributed by atoms with Crippen molar-refractivity contribution >= 4 is 34.4 Å². The second-order valence-electron chi connectivity index (χ2n) is 4.04. The van der Waals surface area contributed by atoms with Crippen molar-refractivity contribution in [2.75, 3.05) is 5.32 Å². The molecule has 0 radical (unpaired) electrons. The molecule has 0 aliphatic carbocycles. The number of alkyl halides is 7. The van der Waals surface area contributed by atoms with Gasteiger partial charge in [0.05, 0.1) is 17.4 Å². The molecule has 0 saturated carbocycles. The minimum absolute atomic E-state index is 0.105. The number of fused-ring (bicyclic) bond motifs is 1. The maximum Gasteiger partial charge on any atom is 0.460 e. The van der Waals surface area contributed by atoms with E-state index >= 15 is 0 Å². The second kappa shape index (κ2) is 5.04. The normalized spacial score (nSPS) is 13.4. The summed E-state index contributed by atoms with van der Waals surface area (Å²) in [5.41, 5.74) is -0.394. The topological polar surface area (TPSA) is 54.9 Å². The summed E-state index contributed by atoms with van der Waals surface area (Å²) >= 11 is 0.644. The molecule has 0 bridgehead atoms. The summed E-state index contributed by atoms with van der Waals surface area (Å²) in [4.78, 5) is 11.2. The molecule has 0 saturated heterocycles. The minimum Gasteiger partial charge on any atom is -0.319 e. The van der Waals surface area contributed by atoms with Crippen molar-refractivity contribution in [3.05, 3.63) is 18.2 Å². The SMILES string of the molecule is O=C(Nc1cccc2nsnc12)C(F)(F)C(F)(F)C(F)(F)F. The Kier molecular flexibility index (Phi) is 3.75. The number of benzene rings is 1. The summed E-state index contributed by atoms with van der Waals surface area (Å²) in [6, 6.07) is 3.64. The number of hydrogen-bond donors (Lipinski definition) is 1. The molecule has 22 heavy (non-hydrogen) atoms. The van der Waals surface area contributed by atoms with Gasteiger partial charge in [0.2, 0.25) is 0 Å². The molecule has 1 amide bonds. The predicted molar refractivity (Wildman–Crippen MR) is 62.0 cm³/mol. The first-order valence-electron chi connectivity index (χ1n) is 5.33. The average molecular weight is 347 g/mol. The van der Waals surface area contributed by atoms with Gasteiger partial charge >= 0.3 is 23.9 Å². The van der Waals surface area contributed by atoms with Crippen LogP contribution in [-0.2, 0) is 4.79 Å². The Hall–Kier alpha value is -1.98. The summed E-state index contributed by atoms with van der Waals surface area (Å²) in [5, 5.41) is 1.32. The lowest BCUT2D eigenvalue weighted by Crippen LogP contribution is -2.57. The molecule has 0 fully saturated rings. The van der Waals surface area contributed by atoms with E-state index < -0.39 is 29.6 Å². The molecule has 0 spiro atoms. The number of aromatic nitrogens is 2. The highest BCUT2D eigenvalue weighted by molar-refractivity contribution is 7.00. The maximum atomic E-state index is 13.2. The van der Waals surface area contributed by atoms with Crippen LogP contribution in [0.25, 0.3) is 11.0 Å². The van der Waals surface area contributed by atoms with E-state index in [1.807, 2.05) is 0 Å². The molecule has 0 aliphatic rings. The largest absolute Gasteiger partial charge is 0.460 e. The molecule has 0 unspecified atom stereocenters. The van der Waals surface area contributed by atoms with Crippen LogP contribution < -0.4 is 5.32 Å². The van der Waals surface area contributed by atoms with Crippen molar-refractivity contribution in [2.45, 2.75) is 18.0 Å². The number of hydrogen-bond acceptors (Lipinski definition) is 4. The Balaban J connectivity index is 2.34. The number of anilines is 1. The fraction of sp³-hybridized carbons (Fsp3) is 0.300. The molecule has 1 N–H and O–H groups in total. The number of nitrogens with one attached hydrogen (secondary N) is 1. The number of carbonyl (C=O) groups is 1. The molecular formula is C10H4F7N3OS. The van der Waals surface area contributed by atoms with Gasteiger partial charge in [-0.25, -0.2) is 0 Å². The number of rotatable bonds is 3. The first kappa shape index (κ1) is 16.4. The molecule has 0 atom stereocenters. The van der Waals surface area contributed by atoms with Crippen LogP contribution in [0.2, 0.25) is 0 Å². The quantitative estimate of drug-likeness (QED) is 0.865. The number of carbonyl (C=O) groups excluding carboxylic acids is 1. The summed E-state index contributed by atoms with van der Waals surface area (Å²) in [7, 11) is 0. The van der Waals surface area contributed by atoms with E-state index in [1.165, 1.54) is 17.4 Å². The maximum absolute atomic E-state index is 13.2. The lowest BCUT2D eigenvalue weighted by Gasteiger charge is -2.27. The highest BCUT2D eigenvalue weighted by Gasteiger charge is 2.76. The van der Waals surface area contributed by atoms with E-state index in [-0.39, 0.29) is 11.0 Å². The number of amides is 1. The Morgan fingerprint density at radius 2 is 1.68 bits per heavy atom. The van der Waals surface area contributed by atoms with Crippen LogP contribution in [0.4, 0.5) is 36.4 Å². The third kappa shape index (κ3) is 2.46. The first-order chi connectivity index (χ1) is 9.98. The summed E-state index contributed by atoms with van der Waals surface area (Å²) < 4.78 is 95.2. The monoisotopic (exact) mass is 347 g/mol. The molecule has 2 rings (SSSR count). The third-order valence-electron chi connectivity index (χ3n) is 2.57. The predicted octanol–water partition coefficient (Wildman–Crippen LogP) is 3.46. The van der Waals surface area contributed by atoms with Crippen LogP contribution in [0, 0.1) is 0 Å². The Bertz CT molecular complexity index is 712. The Morgan fingerprint density at radius 1 is 1.05 bits per heavy atom. The molecule has 2 aromatic rings.